The number of nitrogens with zero attached hydrogens (tertiary/aromatic N) is 2. The lowest BCUT2D eigenvalue weighted by Crippen LogP contribution is -1.97. The van der Waals surface area contributed by atoms with E-state index in [0.717, 1.165) is 17.4 Å². The Labute approximate surface area is 139 Å². The normalized spacial score (nSPS) is 9.88. The van der Waals surface area contributed by atoms with Crippen LogP contribution in [0.15, 0.2) is 60.8 Å². The van der Waals surface area contributed by atoms with E-state index in [1.807, 2.05) is 30.5 Å². The minimum absolute atomic E-state index is 0.130. The van der Waals surface area contributed by atoms with Crippen LogP contribution in [0.1, 0.15) is 12.5 Å². The number of aromatic nitrogens is 1. The van der Waals surface area contributed by atoms with E-state index in [1.54, 1.807) is 25.1 Å². The summed E-state index contributed by atoms with van der Waals surface area (Å²) in [7, 11) is 0. The first kappa shape index (κ1) is 17.2. The average Bonchev–Trinajstić information content (AvgIpc) is 2.99. The number of hydrogen-bond donors (Lipinski definition) is 0. The van der Waals surface area contributed by atoms with E-state index in [2.05, 4.69) is 21.4 Å². The van der Waals surface area contributed by atoms with Gasteiger partial charge in [0, 0.05) is 35.8 Å². The molecule has 0 unspecified atom stereocenters. The smallest absolute Gasteiger partial charge is 0.293 e. The molecule has 24 heavy (non-hydrogen) atoms. The van der Waals surface area contributed by atoms with Gasteiger partial charge in [-0.15, -0.1) is 0 Å². The fraction of sp³-hybridized carbons (Fsp3) is 0.167. The molecule has 0 bridgehead atoms. The summed E-state index contributed by atoms with van der Waals surface area (Å²) in [6.07, 6.45) is 1.96. The van der Waals surface area contributed by atoms with E-state index in [1.165, 1.54) is 5.56 Å². The molecule has 0 fully saturated rings. The van der Waals surface area contributed by atoms with Crippen LogP contribution in [0, 0.1) is 10.1 Å². The standard InChI is InChI=1S/C15H12N2O2.C3H6O2/c18-17(19)14-6-7-15-13(10-14)8-9-16(15)11-12-4-2-1-3-5-12;1-2-5-3-4/h1-10H,11H2;3H,2H2,1H3. The third-order valence-electron chi connectivity index (χ3n) is 3.40. The Morgan fingerprint density at radius 3 is 2.50 bits per heavy atom. The van der Waals surface area contributed by atoms with Crippen molar-refractivity contribution in [3.8, 4) is 0 Å². The van der Waals surface area contributed by atoms with E-state index in [0.29, 0.717) is 13.1 Å². The SMILES string of the molecule is CCOC=O.O=[N+]([O-])c1ccc2c(ccn2Cc2ccccc2)c1. The molecule has 0 aliphatic carbocycles. The zero-order valence-electron chi connectivity index (χ0n) is 13.3. The van der Waals surface area contributed by atoms with Crippen molar-refractivity contribution in [2.45, 2.75) is 13.5 Å². The molecule has 124 valence electrons. The van der Waals surface area contributed by atoms with E-state index < -0.39 is 0 Å². The predicted molar refractivity (Wildman–Crippen MR) is 91.8 cm³/mol. The van der Waals surface area contributed by atoms with Crippen LogP contribution in [0.2, 0.25) is 0 Å². The maximum absolute atomic E-state index is 10.7. The van der Waals surface area contributed by atoms with Gasteiger partial charge in [0.2, 0.25) is 0 Å². The van der Waals surface area contributed by atoms with Crippen molar-refractivity contribution >= 4 is 23.1 Å². The number of ether oxygens (including phenoxy) is 1. The molecule has 3 rings (SSSR count). The van der Waals surface area contributed by atoms with Crippen molar-refractivity contribution < 1.29 is 14.5 Å². The molecule has 0 aliphatic rings. The van der Waals surface area contributed by atoms with Gasteiger partial charge >= 0.3 is 0 Å². The molecule has 0 amide bonds. The van der Waals surface area contributed by atoms with Gasteiger partial charge in [-0.2, -0.15) is 0 Å². The Bertz CT molecular complexity index is 812. The van der Waals surface area contributed by atoms with Crippen LogP contribution >= 0.6 is 0 Å². The average molecular weight is 326 g/mol. The van der Waals surface area contributed by atoms with Crippen molar-refractivity contribution in [1.29, 1.82) is 0 Å². The molecule has 0 aliphatic heterocycles. The molecular formula is C18H18N2O4. The zero-order chi connectivity index (χ0) is 17.4. The molecule has 0 saturated heterocycles. The van der Waals surface area contributed by atoms with E-state index in [9.17, 15) is 14.9 Å². The highest BCUT2D eigenvalue weighted by Crippen LogP contribution is 2.22. The molecule has 0 radical (unpaired) electrons. The first-order valence-corrected chi connectivity index (χ1v) is 7.48. The fourth-order valence-electron chi connectivity index (χ4n) is 2.29. The third-order valence-corrected chi connectivity index (χ3v) is 3.40. The van der Waals surface area contributed by atoms with Crippen LogP contribution < -0.4 is 0 Å². The van der Waals surface area contributed by atoms with Crippen molar-refractivity contribution in [2.24, 2.45) is 0 Å². The van der Waals surface area contributed by atoms with Gasteiger partial charge in [-0.1, -0.05) is 30.3 Å². The first-order valence-electron chi connectivity index (χ1n) is 7.48. The second kappa shape index (κ2) is 8.47. The van der Waals surface area contributed by atoms with Crippen LogP contribution in [0.25, 0.3) is 10.9 Å². The van der Waals surface area contributed by atoms with Gasteiger partial charge in [-0.3, -0.25) is 14.9 Å². The largest absolute Gasteiger partial charge is 0.468 e. The Morgan fingerprint density at radius 2 is 1.92 bits per heavy atom. The van der Waals surface area contributed by atoms with Crippen LogP contribution in [-0.4, -0.2) is 22.6 Å². The van der Waals surface area contributed by atoms with Crippen molar-refractivity contribution in [3.05, 3.63) is 76.5 Å². The van der Waals surface area contributed by atoms with Crippen molar-refractivity contribution in [3.63, 3.8) is 0 Å². The zero-order valence-corrected chi connectivity index (χ0v) is 13.3. The fourth-order valence-corrected chi connectivity index (χ4v) is 2.29. The summed E-state index contributed by atoms with van der Waals surface area (Å²) >= 11 is 0. The van der Waals surface area contributed by atoms with Gasteiger partial charge < -0.3 is 9.30 Å². The molecule has 6 heteroatoms. The molecule has 1 aromatic heterocycles. The van der Waals surface area contributed by atoms with Crippen LogP contribution in [0.3, 0.4) is 0 Å². The Kier molecular flexibility index (Phi) is 6.08. The Hall–Kier alpha value is -3.15. The highest BCUT2D eigenvalue weighted by atomic mass is 16.6. The van der Waals surface area contributed by atoms with Gasteiger partial charge in [0.25, 0.3) is 12.2 Å². The number of rotatable bonds is 5. The molecule has 0 N–H and O–H groups in total. The molecule has 0 saturated carbocycles. The third kappa shape index (κ3) is 4.42. The minimum atomic E-state index is -0.367. The lowest BCUT2D eigenvalue weighted by molar-refractivity contribution is -0.384. The number of nitro benzene ring substituents is 1. The van der Waals surface area contributed by atoms with Gasteiger partial charge in [0.1, 0.15) is 0 Å². The maximum atomic E-state index is 10.7. The second-order valence-electron chi connectivity index (χ2n) is 4.98. The first-order chi connectivity index (χ1) is 11.7. The van der Waals surface area contributed by atoms with Gasteiger partial charge in [-0.25, -0.2) is 0 Å². The topological polar surface area (TPSA) is 74.4 Å². The van der Waals surface area contributed by atoms with Crippen molar-refractivity contribution in [2.75, 3.05) is 6.61 Å². The van der Waals surface area contributed by atoms with Gasteiger partial charge in [0.15, 0.2) is 0 Å². The number of benzene rings is 2. The molecule has 3 aromatic rings. The van der Waals surface area contributed by atoms with Crippen LogP contribution in [0.4, 0.5) is 5.69 Å². The van der Waals surface area contributed by atoms with E-state index >= 15 is 0 Å². The molecule has 2 aromatic carbocycles. The second-order valence-corrected chi connectivity index (χ2v) is 4.98. The number of carbonyl (C=O) groups excluding carboxylic acids is 1. The summed E-state index contributed by atoms with van der Waals surface area (Å²) in [6.45, 7) is 3.43. The van der Waals surface area contributed by atoms with Crippen LogP contribution in [-0.2, 0) is 16.1 Å². The summed E-state index contributed by atoms with van der Waals surface area (Å²) < 4.78 is 6.24. The Morgan fingerprint density at radius 1 is 1.17 bits per heavy atom. The molecule has 0 spiro atoms. The monoisotopic (exact) mass is 326 g/mol. The highest BCUT2D eigenvalue weighted by molar-refractivity contribution is 5.82. The quantitative estimate of drug-likeness (QED) is 0.406. The van der Waals surface area contributed by atoms with Gasteiger partial charge in [-0.05, 0) is 24.6 Å². The summed E-state index contributed by atoms with van der Waals surface area (Å²) in [4.78, 5) is 19.6. The summed E-state index contributed by atoms with van der Waals surface area (Å²) in [5.74, 6) is 0. The maximum Gasteiger partial charge on any atom is 0.293 e. The molecule has 1 heterocycles. The predicted octanol–water partition coefficient (Wildman–Crippen LogP) is 3.78. The van der Waals surface area contributed by atoms with E-state index in [4.69, 9.17) is 0 Å². The van der Waals surface area contributed by atoms with Gasteiger partial charge in [0.05, 0.1) is 11.5 Å². The van der Waals surface area contributed by atoms with E-state index in [-0.39, 0.29) is 10.6 Å². The summed E-state index contributed by atoms with van der Waals surface area (Å²) in [5, 5.41) is 11.6. The number of non-ortho nitro benzene ring substituents is 1. The number of nitro groups is 1. The van der Waals surface area contributed by atoms with Crippen molar-refractivity contribution in [1.82, 2.24) is 4.57 Å². The van der Waals surface area contributed by atoms with Crippen LogP contribution in [0.5, 0.6) is 0 Å². The molecule has 6 nitrogen and oxygen atoms in total. The lowest BCUT2D eigenvalue weighted by atomic mass is 10.2. The molecular weight excluding hydrogens is 308 g/mol. The minimum Gasteiger partial charge on any atom is -0.468 e. The lowest BCUT2D eigenvalue weighted by Gasteiger charge is -2.05. The highest BCUT2D eigenvalue weighted by Gasteiger charge is 2.08. The summed E-state index contributed by atoms with van der Waals surface area (Å²) in [5.41, 5.74) is 2.35. The number of hydrogen-bond acceptors (Lipinski definition) is 4. The number of fused-ring (bicyclic) bond motifs is 1. The summed E-state index contributed by atoms with van der Waals surface area (Å²) in [6, 6.07) is 17.0. The Balaban J connectivity index is 0.000000368. The number of carbonyl (C=O) groups is 1. The molecule has 0 atom stereocenters.